The highest BCUT2D eigenvalue weighted by molar-refractivity contribution is 5.78. The number of carboxylic acids is 1. The van der Waals surface area contributed by atoms with E-state index in [0.717, 1.165) is 0 Å². The van der Waals surface area contributed by atoms with Crippen LogP contribution in [0.25, 0.3) is 0 Å². The highest BCUT2D eigenvalue weighted by Crippen LogP contribution is 2.12. The Morgan fingerprint density at radius 1 is 1.62 bits per heavy atom. The van der Waals surface area contributed by atoms with Crippen molar-refractivity contribution in [1.82, 2.24) is 0 Å². The summed E-state index contributed by atoms with van der Waals surface area (Å²) in [5, 5.41) is 8.70. The van der Waals surface area contributed by atoms with Gasteiger partial charge in [0.1, 0.15) is 0 Å². The summed E-state index contributed by atoms with van der Waals surface area (Å²) >= 11 is 0. The van der Waals surface area contributed by atoms with Gasteiger partial charge in [0.15, 0.2) is 0 Å². The standard InChI is InChI=1S/C9H14O4/c1-3-4-5-7(9(11)12)6-8(10)13-2/h3,7H,1,4-6H2,2H3,(H,11,12). The average molecular weight is 186 g/mol. The lowest BCUT2D eigenvalue weighted by Crippen LogP contribution is -2.18. The topological polar surface area (TPSA) is 63.6 Å². The first kappa shape index (κ1) is 11.7. The number of carbonyl (C=O) groups excluding carboxylic acids is 1. The van der Waals surface area contributed by atoms with E-state index in [0.29, 0.717) is 12.8 Å². The van der Waals surface area contributed by atoms with Gasteiger partial charge in [0.2, 0.25) is 0 Å². The van der Waals surface area contributed by atoms with E-state index < -0.39 is 17.9 Å². The van der Waals surface area contributed by atoms with E-state index in [4.69, 9.17) is 5.11 Å². The van der Waals surface area contributed by atoms with E-state index in [1.807, 2.05) is 0 Å². The molecule has 0 saturated heterocycles. The number of allylic oxidation sites excluding steroid dienone is 1. The van der Waals surface area contributed by atoms with E-state index in [1.165, 1.54) is 7.11 Å². The number of carbonyl (C=O) groups is 2. The molecule has 1 atom stereocenters. The van der Waals surface area contributed by atoms with Gasteiger partial charge in [-0.25, -0.2) is 0 Å². The van der Waals surface area contributed by atoms with Crippen molar-refractivity contribution < 1.29 is 19.4 Å². The number of esters is 1. The summed E-state index contributed by atoms with van der Waals surface area (Å²) in [6.07, 6.45) is 2.58. The van der Waals surface area contributed by atoms with Crippen LogP contribution in [0.2, 0.25) is 0 Å². The Morgan fingerprint density at radius 3 is 2.62 bits per heavy atom. The second kappa shape index (κ2) is 6.22. The Bertz CT molecular complexity index is 198. The summed E-state index contributed by atoms with van der Waals surface area (Å²) < 4.78 is 4.38. The van der Waals surface area contributed by atoms with E-state index >= 15 is 0 Å². The van der Waals surface area contributed by atoms with Gasteiger partial charge in [0.05, 0.1) is 19.4 Å². The molecule has 74 valence electrons. The van der Waals surface area contributed by atoms with E-state index in [2.05, 4.69) is 11.3 Å². The van der Waals surface area contributed by atoms with Crippen LogP contribution in [0, 0.1) is 5.92 Å². The number of aliphatic carboxylic acids is 1. The summed E-state index contributed by atoms with van der Waals surface area (Å²) in [6.45, 7) is 3.48. The molecule has 0 fully saturated rings. The maximum absolute atomic E-state index is 10.8. The van der Waals surface area contributed by atoms with Crippen LogP contribution in [0.5, 0.6) is 0 Å². The molecule has 0 radical (unpaired) electrons. The second-order valence-electron chi connectivity index (χ2n) is 2.68. The van der Waals surface area contributed by atoms with Crippen molar-refractivity contribution in [2.24, 2.45) is 5.92 Å². The zero-order valence-corrected chi connectivity index (χ0v) is 7.66. The molecule has 0 bridgehead atoms. The minimum absolute atomic E-state index is 0.0698. The third-order valence-electron chi connectivity index (χ3n) is 1.71. The highest BCUT2D eigenvalue weighted by Gasteiger charge is 2.20. The lowest BCUT2D eigenvalue weighted by atomic mass is 10.00. The zero-order chi connectivity index (χ0) is 10.3. The van der Waals surface area contributed by atoms with Gasteiger partial charge in [-0.1, -0.05) is 6.08 Å². The Morgan fingerprint density at radius 2 is 2.23 bits per heavy atom. The van der Waals surface area contributed by atoms with Crippen LogP contribution in [0.15, 0.2) is 12.7 Å². The lowest BCUT2D eigenvalue weighted by molar-refractivity contribution is -0.150. The molecule has 0 aromatic heterocycles. The molecule has 13 heavy (non-hydrogen) atoms. The Balaban J connectivity index is 4.01. The summed E-state index contributed by atoms with van der Waals surface area (Å²) in [7, 11) is 1.24. The monoisotopic (exact) mass is 186 g/mol. The van der Waals surface area contributed by atoms with Gasteiger partial charge in [0, 0.05) is 0 Å². The van der Waals surface area contributed by atoms with Gasteiger partial charge >= 0.3 is 11.9 Å². The van der Waals surface area contributed by atoms with Gasteiger partial charge in [-0.15, -0.1) is 6.58 Å². The van der Waals surface area contributed by atoms with Crippen molar-refractivity contribution in [2.75, 3.05) is 7.11 Å². The number of rotatable bonds is 6. The average Bonchev–Trinajstić information content (AvgIpc) is 2.11. The molecular weight excluding hydrogens is 172 g/mol. The number of methoxy groups -OCH3 is 1. The smallest absolute Gasteiger partial charge is 0.307 e. The minimum Gasteiger partial charge on any atom is -0.481 e. The van der Waals surface area contributed by atoms with Crippen LogP contribution in [0.4, 0.5) is 0 Å². The molecule has 0 aromatic carbocycles. The maximum Gasteiger partial charge on any atom is 0.307 e. The predicted molar refractivity (Wildman–Crippen MR) is 47.2 cm³/mol. The maximum atomic E-state index is 10.8. The van der Waals surface area contributed by atoms with Gasteiger partial charge < -0.3 is 9.84 Å². The quantitative estimate of drug-likeness (QED) is 0.500. The third kappa shape index (κ3) is 5.00. The first-order chi connectivity index (χ1) is 6.11. The van der Waals surface area contributed by atoms with Gasteiger partial charge in [-0.3, -0.25) is 9.59 Å². The van der Waals surface area contributed by atoms with Gasteiger partial charge in [0.25, 0.3) is 0 Å². The Hall–Kier alpha value is -1.32. The summed E-state index contributed by atoms with van der Waals surface area (Å²) in [6, 6.07) is 0. The van der Waals surface area contributed by atoms with Crippen molar-refractivity contribution >= 4 is 11.9 Å². The molecule has 4 heteroatoms. The molecule has 0 heterocycles. The predicted octanol–water partition coefficient (Wildman–Crippen LogP) is 1.22. The van der Waals surface area contributed by atoms with Crippen molar-refractivity contribution in [3.8, 4) is 0 Å². The molecule has 0 aliphatic heterocycles. The van der Waals surface area contributed by atoms with Crippen molar-refractivity contribution in [3.05, 3.63) is 12.7 Å². The lowest BCUT2D eigenvalue weighted by Gasteiger charge is -2.08. The Kier molecular flexibility index (Phi) is 5.59. The fourth-order valence-electron chi connectivity index (χ4n) is 0.916. The molecular formula is C9H14O4. The molecule has 1 unspecified atom stereocenters. The summed E-state index contributed by atoms with van der Waals surface area (Å²) in [5.41, 5.74) is 0. The number of ether oxygens (including phenoxy) is 1. The van der Waals surface area contributed by atoms with Crippen LogP contribution >= 0.6 is 0 Å². The number of hydrogen-bond acceptors (Lipinski definition) is 3. The van der Waals surface area contributed by atoms with Crippen LogP contribution in [0.3, 0.4) is 0 Å². The summed E-state index contributed by atoms with van der Waals surface area (Å²) in [5.74, 6) is -2.12. The van der Waals surface area contributed by atoms with Gasteiger partial charge in [-0.2, -0.15) is 0 Å². The number of hydrogen-bond donors (Lipinski definition) is 1. The third-order valence-corrected chi connectivity index (χ3v) is 1.71. The SMILES string of the molecule is C=CCCC(CC(=O)OC)C(=O)O. The number of carboxylic acid groups (broad SMARTS) is 1. The summed E-state index contributed by atoms with van der Waals surface area (Å²) in [4.78, 5) is 21.4. The second-order valence-corrected chi connectivity index (χ2v) is 2.68. The van der Waals surface area contributed by atoms with Crippen molar-refractivity contribution in [3.63, 3.8) is 0 Å². The van der Waals surface area contributed by atoms with E-state index in [-0.39, 0.29) is 6.42 Å². The van der Waals surface area contributed by atoms with Crippen molar-refractivity contribution in [1.29, 1.82) is 0 Å². The normalized spacial score (nSPS) is 11.8. The Labute approximate surface area is 77.2 Å². The molecule has 0 aromatic rings. The molecule has 0 amide bonds. The first-order valence-electron chi connectivity index (χ1n) is 4.02. The molecule has 0 aliphatic carbocycles. The van der Waals surface area contributed by atoms with Gasteiger partial charge in [-0.05, 0) is 12.8 Å². The molecule has 1 N–H and O–H groups in total. The van der Waals surface area contributed by atoms with Crippen LogP contribution in [0.1, 0.15) is 19.3 Å². The van der Waals surface area contributed by atoms with Crippen molar-refractivity contribution in [2.45, 2.75) is 19.3 Å². The molecule has 0 aliphatic rings. The first-order valence-corrected chi connectivity index (χ1v) is 4.02. The van der Waals surface area contributed by atoms with Crippen LogP contribution in [-0.2, 0) is 14.3 Å². The molecule has 0 spiro atoms. The fourth-order valence-corrected chi connectivity index (χ4v) is 0.916. The zero-order valence-electron chi connectivity index (χ0n) is 7.66. The molecule has 0 rings (SSSR count). The molecule has 0 saturated carbocycles. The minimum atomic E-state index is -0.966. The molecule has 4 nitrogen and oxygen atoms in total. The van der Waals surface area contributed by atoms with Crippen LogP contribution in [-0.4, -0.2) is 24.2 Å². The fraction of sp³-hybridized carbons (Fsp3) is 0.556. The largest absolute Gasteiger partial charge is 0.481 e. The van der Waals surface area contributed by atoms with E-state index in [1.54, 1.807) is 6.08 Å². The van der Waals surface area contributed by atoms with Crippen LogP contribution < -0.4 is 0 Å². The highest BCUT2D eigenvalue weighted by atomic mass is 16.5. The van der Waals surface area contributed by atoms with E-state index in [9.17, 15) is 9.59 Å².